The highest BCUT2D eigenvalue weighted by molar-refractivity contribution is 5.92. The van der Waals surface area contributed by atoms with Gasteiger partial charge in [-0.25, -0.2) is 4.79 Å². The van der Waals surface area contributed by atoms with E-state index < -0.39 is 11.9 Å². The second-order valence-corrected chi connectivity index (χ2v) is 6.16. The maximum absolute atomic E-state index is 12.5. The Hall–Kier alpha value is -3.18. The van der Waals surface area contributed by atoms with Gasteiger partial charge in [-0.15, -0.1) is 0 Å². The lowest BCUT2D eigenvalue weighted by molar-refractivity contribution is -0.139. The fourth-order valence-corrected chi connectivity index (χ4v) is 3.23. The number of nitrogens with two attached hydrogens (primary N) is 1. The lowest BCUT2D eigenvalue weighted by Gasteiger charge is -2.28. The number of aliphatic hydroxyl groups is 1. The lowest BCUT2D eigenvalue weighted by Crippen LogP contribution is -2.27. The highest BCUT2D eigenvalue weighted by atomic mass is 16.5. The number of likely N-dealkylation sites (N-methyl/N-ethyl adjacent to an activating group) is 1. The standard InChI is InChI=1S/C20H25N3O5/c1-4-23(8-9-24)13-6-7-14(16(25)10-13)18-15(11-21)19(22)28-12(3)17(18)20(26)27-5-2/h6-7,10,18,24-25H,4-5,8-9,22H2,1-3H3. The van der Waals surface area contributed by atoms with E-state index >= 15 is 0 Å². The van der Waals surface area contributed by atoms with E-state index in [1.165, 1.54) is 6.07 Å². The van der Waals surface area contributed by atoms with E-state index in [9.17, 15) is 20.3 Å². The van der Waals surface area contributed by atoms with Crippen molar-refractivity contribution in [2.45, 2.75) is 26.7 Å². The zero-order chi connectivity index (χ0) is 20.8. The number of hydrogen-bond acceptors (Lipinski definition) is 8. The zero-order valence-electron chi connectivity index (χ0n) is 16.2. The summed E-state index contributed by atoms with van der Waals surface area (Å²) in [6.45, 7) is 6.35. The predicted molar refractivity (Wildman–Crippen MR) is 103 cm³/mol. The summed E-state index contributed by atoms with van der Waals surface area (Å²) in [4.78, 5) is 14.4. The molecule has 8 heteroatoms. The fourth-order valence-electron chi connectivity index (χ4n) is 3.23. The number of ether oxygens (including phenoxy) is 2. The van der Waals surface area contributed by atoms with Crippen LogP contribution in [0, 0.1) is 11.3 Å². The number of nitriles is 1. The van der Waals surface area contributed by atoms with E-state index in [-0.39, 0.29) is 41.8 Å². The van der Waals surface area contributed by atoms with Gasteiger partial charge < -0.3 is 30.3 Å². The van der Waals surface area contributed by atoms with Crippen LogP contribution in [0.3, 0.4) is 0 Å². The van der Waals surface area contributed by atoms with Crippen molar-refractivity contribution in [3.63, 3.8) is 0 Å². The van der Waals surface area contributed by atoms with Gasteiger partial charge in [-0.05, 0) is 26.8 Å². The van der Waals surface area contributed by atoms with Gasteiger partial charge in [0, 0.05) is 30.4 Å². The summed E-state index contributed by atoms with van der Waals surface area (Å²) >= 11 is 0. The van der Waals surface area contributed by atoms with E-state index in [4.69, 9.17) is 15.2 Å². The molecule has 1 aliphatic rings. The Labute approximate surface area is 164 Å². The van der Waals surface area contributed by atoms with E-state index in [0.717, 1.165) is 0 Å². The Balaban J connectivity index is 2.58. The van der Waals surface area contributed by atoms with Gasteiger partial charge in [0.2, 0.25) is 5.88 Å². The Bertz CT molecular complexity index is 854. The molecule has 4 N–H and O–H groups in total. The van der Waals surface area contributed by atoms with E-state index in [1.807, 2.05) is 17.9 Å². The number of aromatic hydroxyl groups is 1. The first-order chi connectivity index (χ1) is 13.4. The maximum atomic E-state index is 12.5. The van der Waals surface area contributed by atoms with Crippen LogP contribution in [0.4, 0.5) is 5.69 Å². The summed E-state index contributed by atoms with van der Waals surface area (Å²) in [5, 5.41) is 29.5. The molecule has 1 unspecified atom stereocenters. The zero-order valence-corrected chi connectivity index (χ0v) is 16.2. The number of anilines is 1. The number of phenols is 1. The first kappa shape index (κ1) is 21.1. The molecule has 0 saturated heterocycles. The van der Waals surface area contributed by atoms with Crippen molar-refractivity contribution in [2.75, 3.05) is 31.2 Å². The number of hydrogen-bond donors (Lipinski definition) is 3. The summed E-state index contributed by atoms with van der Waals surface area (Å²) in [6.07, 6.45) is 0. The summed E-state index contributed by atoms with van der Waals surface area (Å²) < 4.78 is 10.5. The van der Waals surface area contributed by atoms with Gasteiger partial charge >= 0.3 is 5.97 Å². The molecule has 0 fully saturated rings. The lowest BCUT2D eigenvalue weighted by atomic mass is 9.82. The molecule has 0 bridgehead atoms. The number of rotatable bonds is 7. The highest BCUT2D eigenvalue weighted by Gasteiger charge is 2.37. The van der Waals surface area contributed by atoms with Crippen molar-refractivity contribution in [2.24, 2.45) is 5.73 Å². The number of carbonyl (C=O) groups is 1. The van der Waals surface area contributed by atoms with E-state index in [0.29, 0.717) is 24.3 Å². The minimum atomic E-state index is -0.903. The van der Waals surface area contributed by atoms with Crippen molar-refractivity contribution >= 4 is 11.7 Å². The highest BCUT2D eigenvalue weighted by Crippen LogP contribution is 2.43. The molecule has 0 saturated carbocycles. The summed E-state index contributed by atoms with van der Waals surface area (Å²) in [5.74, 6) is -1.53. The molecular formula is C20H25N3O5. The minimum absolute atomic E-state index is 0.0247. The molecular weight excluding hydrogens is 362 g/mol. The van der Waals surface area contributed by atoms with Gasteiger partial charge in [0.15, 0.2) is 0 Å². The second-order valence-electron chi connectivity index (χ2n) is 6.16. The molecule has 0 radical (unpaired) electrons. The van der Waals surface area contributed by atoms with Crippen LogP contribution >= 0.6 is 0 Å². The van der Waals surface area contributed by atoms with Gasteiger partial charge in [0.25, 0.3) is 0 Å². The van der Waals surface area contributed by atoms with Gasteiger partial charge in [0.05, 0.1) is 24.7 Å². The Morgan fingerprint density at radius 3 is 2.68 bits per heavy atom. The summed E-state index contributed by atoms with van der Waals surface area (Å²) in [7, 11) is 0. The monoisotopic (exact) mass is 387 g/mol. The molecule has 1 aromatic rings. The van der Waals surface area contributed by atoms with Gasteiger partial charge in [-0.2, -0.15) is 5.26 Å². The van der Waals surface area contributed by atoms with Crippen molar-refractivity contribution in [3.05, 3.63) is 46.6 Å². The quantitative estimate of drug-likeness (QED) is 0.605. The third-order valence-corrected chi connectivity index (χ3v) is 4.54. The minimum Gasteiger partial charge on any atom is -0.508 e. The van der Waals surface area contributed by atoms with Gasteiger partial charge in [0.1, 0.15) is 23.2 Å². The van der Waals surface area contributed by atoms with Crippen LogP contribution in [0.1, 0.15) is 32.3 Å². The molecule has 28 heavy (non-hydrogen) atoms. The maximum Gasteiger partial charge on any atom is 0.338 e. The number of allylic oxidation sites excluding steroid dienone is 2. The van der Waals surface area contributed by atoms with Crippen molar-refractivity contribution < 1.29 is 24.5 Å². The average Bonchev–Trinajstić information content (AvgIpc) is 2.65. The predicted octanol–water partition coefficient (Wildman–Crippen LogP) is 1.86. The average molecular weight is 387 g/mol. The molecule has 1 atom stereocenters. The van der Waals surface area contributed by atoms with Crippen LogP contribution < -0.4 is 10.6 Å². The van der Waals surface area contributed by atoms with E-state index in [1.54, 1.807) is 26.0 Å². The topological polar surface area (TPSA) is 129 Å². The van der Waals surface area contributed by atoms with Crippen LogP contribution in [-0.2, 0) is 14.3 Å². The van der Waals surface area contributed by atoms with E-state index in [2.05, 4.69) is 0 Å². The molecule has 0 spiro atoms. The summed E-state index contributed by atoms with van der Waals surface area (Å²) in [6, 6.07) is 6.91. The van der Waals surface area contributed by atoms with Crippen molar-refractivity contribution in [1.29, 1.82) is 5.26 Å². The smallest absolute Gasteiger partial charge is 0.338 e. The molecule has 2 rings (SSSR count). The Kier molecular flexibility index (Phi) is 6.90. The third kappa shape index (κ3) is 4.05. The number of carbonyl (C=O) groups excluding carboxylic acids is 1. The van der Waals surface area contributed by atoms with Crippen LogP contribution in [0.15, 0.2) is 41.0 Å². The molecule has 8 nitrogen and oxygen atoms in total. The molecule has 0 aliphatic carbocycles. The molecule has 1 heterocycles. The van der Waals surface area contributed by atoms with Crippen LogP contribution in [0.5, 0.6) is 5.75 Å². The largest absolute Gasteiger partial charge is 0.508 e. The molecule has 0 amide bonds. The van der Waals surface area contributed by atoms with Crippen LogP contribution in [0.2, 0.25) is 0 Å². The van der Waals surface area contributed by atoms with Crippen LogP contribution in [0.25, 0.3) is 0 Å². The molecule has 1 aromatic carbocycles. The van der Waals surface area contributed by atoms with Crippen LogP contribution in [-0.4, -0.2) is 42.5 Å². The molecule has 0 aromatic heterocycles. The second kappa shape index (κ2) is 9.15. The Morgan fingerprint density at radius 1 is 1.43 bits per heavy atom. The number of nitrogens with zero attached hydrogens (tertiary/aromatic N) is 2. The molecule has 150 valence electrons. The third-order valence-electron chi connectivity index (χ3n) is 4.54. The SMILES string of the molecule is CCOC(=O)C1=C(C)OC(N)=C(C#N)C1c1ccc(N(CC)CCO)cc1O. The number of phenolic OH excluding ortho intramolecular Hbond substituents is 1. The van der Waals surface area contributed by atoms with Crippen molar-refractivity contribution in [3.8, 4) is 11.8 Å². The first-order valence-corrected chi connectivity index (χ1v) is 9.03. The van der Waals surface area contributed by atoms with Gasteiger partial charge in [-0.1, -0.05) is 6.07 Å². The number of benzene rings is 1. The number of aliphatic hydroxyl groups excluding tert-OH is 1. The number of esters is 1. The Morgan fingerprint density at radius 2 is 2.14 bits per heavy atom. The van der Waals surface area contributed by atoms with Gasteiger partial charge in [-0.3, -0.25) is 0 Å². The fraction of sp³-hybridized carbons (Fsp3) is 0.400. The normalized spacial score (nSPS) is 16.5. The molecule has 1 aliphatic heterocycles. The van der Waals surface area contributed by atoms with Crippen molar-refractivity contribution in [1.82, 2.24) is 0 Å². The first-order valence-electron chi connectivity index (χ1n) is 9.03. The summed E-state index contributed by atoms with van der Waals surface area (Å²) in [5.41, 5.74) is 7.06.